The number of furan rings is 1. The highest BCUT2D eigenvalue weighted by molar-refractivity contribution is 5.93. The first-order valence-electron chi connectivity index (χ1n) is 29.8. The summed E-state index contributed by atoms with van der Waals surface area (Å²) in [6, 6.07) is 5.85. The van der Waals surface area contributed by atoms with E-state index in [1.54, 1.807) is 0 Å². The van der Waals surface area contributed by atoms with Gasteiger partial charge in [0, 0.05) is 81.5 Å². The molecular formula is C38H47ClN10O8. The third kappa shape index (κ3) is 8.56. The number of carbonyl (C=O) groups is 2. The number of ether oxygens (including phenoxy) is 5. The molecule has 2 amide bonds. The van der Waals surface area contributed by atoms with E-state index in [9.17, 15) is 9.59 Å². The molecule has 8 rings (SSSR count). The van der Waals surface area contributed by atoms with Crippen molar-refractivity contribution in [2.24, 2.45) is 0 Å². The number of nitrogens with zero attached hydrogens (tertiary/aromatic N) is 8. The molecule has 0 spiro atoms. The average Bonchev–Trinajstić information content (AvgIpc) is 0.804. The predicted octanol–water partition coefficient (Wildman–Crippen LogP) is 3.26. The van der Waals surface area contributed by atoms with E-state index in [0.29, 0.717) is 6.42 Å². The summed E-state index contributed by atoms with van der Waals surface area (Å²) in [7, 11) is -12.3. The van der Waals surface area contributed by atoms with E-state index in [0.717, 1.165) is 36.6 Å². The Kier molecular flexibility index (Phi) is 5.66. The van der Waals surface area contributed by atoms with Crippen molar-refractivity contribution < 1.29 is 76.1 Å². The van der Waals surface area contributed by atoms with Crippen molar-refractivity contribution in [2.75, 3.05) is 108 Å². The Hall–Kier alpha value is -6.01. The third-order valence-electron chi connectivity index (χ3n) is 7.85. The van der Waals surface area contributed by atoms with Gasteiger partial charge in [-0.3, -0.25) is 9.59 Å². The van der Waals surface area contributed by atoms with E-state index < -0.39 is 150 Å². The molecule has 304 valence electrons. The second-order valence-corrected chi connectivity index (χ2v) is 11.2. The molecule has 3 fully saturated rings. The Labute approximate surface area is 374 Å². The summed E-state index contributed by atoms with van der Waals surface area (Å²) in [5, 5.41) is -0.357. The van der Waals surface area contributed by atoms with Crippen LogP contribution in [0.4, 0.5) is 23.5 Å². The van der Waals surface area contributed by atoms with Crippen LogP contribution in [0.1, 0.15) is 61.8 Å². The summed E-state index contributed by atoms with van der Waals surface area (Å²) in [5.74, 6) is -8.99. The van der Waals surface area contributed by atoms with E-state index in [1.807, 2.05) is 0 Å². The van der Waals surface area contributed by atoms with Crippen molar-refractivity contribution in [3.63, 3.8) is 0 Å². The van der Waals surface area contributed by atoms with Crippen LogP contribution in [-0.2, 0) is 9.53 Å². The number of amides is 2. The van der Waals surface area contributed by atoms with E-state index in [2.05, 4.69) is 19.9 Å². The first-order chi connectivity index (χ1) is 37.8. The number of methoxy groups -OCH3 is 4. The van der Waals surface area contributed by atoms with Gasteiger partial charge in [0.15, 0.2) is 28.8 Å². The fraction of sp³-hybridized carbons (Fsp3) is 0.421. The predicted molar refractivity (Wildman–Crippen MR) is 216 cm³/mol. The monoisotopic (exact) mass is 835 g/mol. The highest BCUT2D eigenvalue weighted by atomic mass is 35.5. The molecule has 3 saturated heterocycles. The lowest BCUT2D eigenvalue weighted by Gasteiger charge is -2.35. The maximum Gasteiger partial charge on any atom is 0.289 e. The summed E-state index contributed by atoms with van der Waals surface area (Å²) in [6.45, 7) is -28.4. The number of anilines is 4. The molecule has 57 heavy (non-hydrogen) atoms. The van der Waals surface area contributed by atoms with Crippen LogP contribution < -0.4 is 40.2 Å². The molecule has 6 heterocycles. The summed E-state index contributed by atoms with van der Waals surface area (Å²) in [6.07, 6.45) is 0.209. The van der Waals surface area contributed by atoms with Gasteiger partial charge in [-0.1, -0.05) is 0 Å². The zero-order valence-electron chi connectivity index (χ0n) is 56.6. The molecule has 0 radical (unpaired) electrons. The van der Waals surface area contributed by atoms with Gasteiger partial charge in [-0.2, -0.15) is 9.97 Å². The van der Waals surface area contributed by atoms with Crippen molar-refractivity contribution in [3.05, 3.63) is 48.4 Å². The van der Waals surface area contributed by atoms with E-state index in [4.69, 9.17) is 78.0 Å². The number of piperazine rings is 2. The summed E-state index contributed by atoms with van der Waals surface area (Å²) in [5.41, 5.74) is 11.3. The molecule has 3 aromatic heterocycles. The maximum atomic E-state index is 13.2. The Morgan fingerprint density at radius 2 is 1.23 bits per heavy atom. The van der Waals surface area contributed by atoms with Crippen LogP contribution in [0.5, 0.6) is 23.0 Å². The zero-order chi connectivity index (χ0) is 63.7. The fourth-order valence-corrected chi connectivity index (χ4v) is 5.16. The van der Waals surface area contributed by atoms with Crippen molar-refractivity contribution >= 4 is 69.6 Å². The molecule has 3 aliphatic heterocycles. The van der Waals surface area contributed by atoms with Crippen molar-refractivity contribution in [1.29, 1.82) is 0 Å². The van der Waals surface area contributed by atoms with Crippen LogP contribution in [0, 0.1) is 0 Å². The van der Waals surface area contributed by atoms with Gasteiger partial charge in [0.05, 0.1) is 83.8 Å². The first kappa shape index (κ1) is 18.1. The Bertz CT molecular complexity index is 3310. The third-order valence-corrected chi connectivity index (χ3v) is 7.85. The molecular weight excluding hydrogens is 760 g/mol. The van der Waals surface area contributed by atoms with Crippen LogP contribution in [0.3, 0.4) is 0 Å². The molecule has 0 aliphatic carbocycles. The molecule has 3 aliphatic rings. The molecule has 0 saturated carbocycles. The number of halogens is 1. The number of nitrogens with two attached hydrogens (primary N) is 2. The topological polar surface area (TPSA) is 210 Å². The number of carbonyl (C=O) groups excluding carboxylic acids is 2. The molecule has 4 N–H and O–H groups in total. The number of nitrogen functional groups attached to an aromatic ring is 2. The quantitative estimate of drug-likeness (QED) is 0.230. The molecule has 0 bridgehead atoms. The first-order valence-corrected chi connectivity index (χ1v) is 15.8. The van der Waals surface area contributed by atoms with Gasteiger partial charge in [0.25, 0.3) is 11.8 Å². The van der Waals surface area contributed by atoms with Crippen LogP contribution in [0.25, 0.3) is 21.8 Å². The number of fused-ring (bicyclic) bond motifs is 2. The minimum Gasteiger partial charge on any atom is -0.493 e. The van der Waals surface area contributed by atoms with Crippen LogP contribution in [0.2, 0.25) is 0 Å². The van der Waals surface area contributed by atoms with Gasteiger partial charge in [0.1, 0.15) is 17.7 Å². The average molecular weight is 835 g/mol. The number of hydrogen-bond acceptors (Lipinski definition) is 16. The van der Waals surface area contributed by atoms with E-state index >= 15 is 0 Å². The number of rotatable bonds is 8. The zero-order valence-corrected chi connectivity index (χ0v) is 29.5. The number of benzene rings is 2. The number of aromatic nitrogens is 4. The lowest BCUT2D eigenvalue weighted by molar-refractivity contribution is -0.141. The minimum atomic E-state index is -3.61. The largest absolute Gasteiger partial charge is 0.493 e. The summed E-state index contributed by atoms with van der Waals surface area (Å²) in [4.78, 5) is 41.3. The normalized spacial score (nSPS) is 32.0. The SMILES string of the molecule is Cl.[2H]C([2H])([2H])Oc1cc2nc(N3C([2H])([2H])C([2H])([2H])N(C(=O)C4CCCO4)C([2H])([2H])C3([2H])[2H])nc(N)c2cc1OC([2H])([2H])[2H].[2H]C([2H])([2H])Oc1cc2nc(N3C([2H])([2H])C([2H])([2H])N(C(=O)c4ccco4)C([2H])([2H])C3([2H])[2H])nc(N)c2cc1OC([2H])([2H])[2H]. The van der Waals surface area contributed by atoms with Crippen LogP contribution >= 0.6 is 12.4 Å². The Morgan fingerprint density at radius 3 is 1.67 bits per heavy atom. The van der Waals surface area contributed by atoms with Crippen molar-refractivity contribution in [1.82, 2.24) is 29.7 Å². The van der Waals surface area contributed by atoms with Crippen LogP contribution in [0.15, 0.2) is 47.1 Å². The van der Waals surface area contributed by atoms with Crippen molar-refractivity contribution in [3.8, 4) is 23.0 Å². The molecule has 1 atom stereocenters. The minimum absolute atomic E-state index is 0. The van der Waals surface area contributed by atoms with E-state index in [-0.39, 0.29) is 66.8 Å². The van der Waals surface area contributed by atoms with Gasteiger partial charge in [-0.05, 0) is 37.1 Å². The molecule has 5 aromatic rings. The summed E-state index contributed by atoms with van der Waals surface area (Å²) >= 11 is 0. The van der Waals surface area contributed by atoms with Crippen LogP contribution in [-0.4, -0.2) is 134 Å². The van der Waals surface area contributed by atoms with Gasteiger partial charge < -0.3 is 59.2 Å². The highest BCUT2D eigenvalue weighted by Gasteiger charge is 2.31. The lowest BCUT2D eigenvalue weighted by Crippen LogP contribution is -2.51. The summed E-state index contributed by atoms with van der Waals surface area (Å²) < 4.78 is 254. The van der Waals surface area contributed by atoms with Gasteiger partial charge in [0.2, 0.25) is 11.9 Å². The molecule has 19 heteroatoms. The fourth-order valence-electron chi connectivity index (χ4n) is 5.16. The van der Waals surface area contributed by atoms with Gasteiger partial charge in [-0.25, -0.2) is 9.97 Å². The Balaban J connectivity index is 0.000000269. The maximum absolute atomic E-state index is 13.2. The number of hydrogen-bond donors (Lipinski definition) is 2. The van der Waals surface area contributed by atoms with E-state index in [1.165, 1.54) is 6.07 Å². The Morgan fingerprint density at radius 1 is 0.737 bits per heavy atom. The standard InChI is InChI=1S/C19H25N5O4.C19H21N5O4.ClH/c2*1-26-15-10-12-13(11-16(15)27-2)21-19(22-17(12)20)24-7-5-23(6-8-24)18(25)14-4-3-9-28-14;/h10-11,14H,3-9H2,1-2H3,(H2,20,21,22);3-4,9-11H,5-8H2,1-2H3,(H2,20,21,22);1H/i2*1D3,2D3,5D2,6D2,7D2,8D2;. The second kappa shape index (κ2) is 17.8. The molecule has 18 nitrogen and oxygen atoms in total. The lowest BCUT2D eigenvalue weighted by atomic mass is 10.2. The molecule has 1 unspecified atom stereocenters. The second-order valence-electron chi connectivity index (χ2n) is 11.2. The van der Waals surface area contributed by atoms with Gasteiger partial charge in [-0.15, -0.1) is 12.4 Å². The highest BCUT2D eigenvalue weighted by Crippen LogP contribution is 2.35. The smallest absolute Gasteiger partial charge is 0.289 e. The van der Waals surface area contributed by atoms with Gasteiger partial charge >= 0.3 is 0 Å². The van der Waals surface area contributed by atoms with Crippen molar-refractivity contribution in [2.45, 2.75) is 18.9 Å². The molecule has 2 aromatic carbocycles.